The van der Waals surface area contributed by atoms with E-state index in [9.17, 15) is 10.2 Å². The number of nitrogens with zero attached hydrogens (tertiary/aromatic N) is 1. The Kier molecular flexibility index (Phi) is 6.40. The van der Waals surface area contributed by atoms with Gasteiger partial charge in [0.25, 0.3) is 0 Å². The number of hydrogen-bond acceptors (Lipinski definition) is 6. The first-order valence-electron chi connectivity index (χ1n) is 9.60. The summed E-state index contributed by atoms with van der Waals surface area (Å²) in [7, 11) is 0. The molecular formula is C20H31NO5. The predicted molar refractivity (Wildman–Crippen MR) is 98.7 cm³/mol. The van der Waals surface area contributed by atoms with E-state index in [1.165, 1.54) is 0 Å². The molecule has 2 fully saturated rings. The van der Waals surface area contributed by atoms with Gasteiger partial charge in [-0.25, -0.2) is 0 Å². The van der Waals surface area contributed by atoms with Crippen LogP contribution in [-0.4, -0.2) is 71.9 Å². The van der Waals surface area contributed by atoms with Gasteiger partial charge in [0, 0.05) is 19.6 Å². The Balaban J connectivity index is 1.40. The SMILES string of the molecule is CC(C)Oc1ccc(OCCN2CCC3(CC2)OCC[C@H](O)[C@@H]3O)cc1. The number of likely N-dealkylation sites (tertiary alicyclic amines) is 1. The molecule has 1 aromatic rings. The standard InChI is InChI=1S/C20H31NO5/c1-15(2)26-17-5-3-16(4-6-17)24-14-12-21-10-8-20(9-11-21)19(23)18(22)7-13-25-20/h3-6,15,18-19,22-23H,7-14H2,1-2H3/t18-,19-/m0/s1. The topological polar surface area (TPSA) is 71.4 Å². The van der Waals surface area contributed by atoms with Gasteiger partial charge in [-0.15, -0.1) is 0 Å². The van der Waals surface area contributed by atoms with Gasteiger partial charge in [0.05, 0.1) is 24.4 Å². The van der Waals surface area contributed by atoms with Crippen molar-refractivity contribution >= 4 is 0 Å². The molecule has 2 atom stereocenters. The largest absolute Gasteiger partial charge is 0.492 e. The summed E-state index contributed by atoms with van der Waals surface area (Å²) in [4.78, 5) is 2.32. The summed E-state index contributed by atoms with van der Waals surface area (Å²) in [6.07, 6.45) is 0.722. The van der Waals surface area contributed by atoms with Crippen LogP contribution in [-0.2, 0) is 4.74 Å². The summed E-state index contributed by atoms with van der Waals surface area (Å²) in [5, 5.41) is 20.2. The van der Waals surface area contributed by atoms with Gasteiger partial charge in [-0.05, 0) is 57.4 Å². The van der Waals surface area contributed by atoms with Gasteiger partial charge < -0.3 is 24.4 Å². The van der Waals surface area contributed by atoms with Crippen LogP contribution in [0.25, 0.3) is 0 Å². The molecule has 2 aliphatic rings. The number of piperidine rings is 1. The van der Waals surface area contributed by atoms with Gasteiger partial charge in [0.2, 0.25) is 0 Å². The molecule has 6 nitrogen and oxygen atoms in total. The Bertz CT molecular complexity index is 554. The first-order valence-corrected chi connectivity index (χ1v) is 9.60. The highest BCUT2D eigenvalue weighted by molar-refractivity contribution is 5.31. The monoisotopic (exact) mass is 365 g/mol. The molecule has 0 bridgehead atoms. The molecule has 6 heteroatoms. The Morgan fingerprint density at radius 3 is 2.46 bits per heavy atom. The molecule has 3 rings (SSSR count). The third-order valence-corrected chi connectivity index (χ3v) is 5.28. The zero-order chi connectivity index (χ0) is 18.6. The average Bonchev–Trinajstić information content (AvgIpc) is 2.62. The minimum Gasteiger partial charge on any atom is -0.492 e. The van der Waals surface area contributed by atoms with Crippen molar-refractivity contribution < 1.29 is 24.4 Å². The minimum absolute atomic E-state index is 0.164. The first kappa shape index (κ1) is 19.4. The summed E-state index contributed by atoms with van der Waals surface area (Å²) in [6.45, 7) is 7.67. The summed E-state index contributed by atoms with van der Waals surface area (Å²) < 4.78 is 17.3. The molecule has 1 spiro atoms. The highest BCUT2D eigenvalue weighted by Crippen LogP contribution is 2.35. The number of aliphatic hydroxyl groups is 2. The summed E-state index contributed by atoms with van der Waals surface area (Å²) >= 11 is 0. The second kappa shape index (κ2) is 8.57. The van der Waals surface area contributed by atoms with Crippen molar-refractivity contribution in [1.82, 2.24) is 4.90 Å². The second-order valence-corrected chi connectivity index (χ2v) is 7.54. The van der Waals surface area contributed by atoms with E-state index in [0.717, 1.165) is 44.0 Å². The summed E-state index contributed by atoms with van der Waals surface area (Å²) in [5.74, 6) is 1.69. The fourth-order valence-corrected chi connectivity index (χ4v) is 3.75. The molecule has 2 heterocycles. The zero-order valence-corrected chi connectivity index (χ0v) is 15.8. The Morgan fingerprint density at radius 2 is 1.81 bits per heavy atom. The van der Waals surface area contributed by atoms with Crippen molar-refractivity contribution in [3.05, 3.63) is 24.3 Å². The normalized spacial score (nSPS) is 26.2. The Labute approximate surface area is 155 Å². The van der Waals surface area contributed by atoms with Crippen molar-refractivity contribution in [3.8, 4) is 11.5 Å². The average molecular weight is 365 g/mol. The highest BCUT2D eigenvalue weighted by atomic mass is 16.5. The van der Waals surface area contributed by atoms with Gasteiger partial charge >= 0.3 is 0 Å². The van der Waals surface area contributed by atoms with Gasteiger partial charge in [-0.3, -0.25) is 4.90 Å². The number of benzene rings is 1. The van der Waals surface area contributed by atoms with E-state index < -0.39 is 17.8 Å². The molecule has 0 radical (unpaired) electrons. The van der Waals surface area contributed by atoms with Crippen molar-refractivity contribution in [1.29, 1.82) is 0 Å². The molecule has 2 N–H and O–H groups in total. The molecule has 146 valence electrons. The molecule has 2 aliphatic heterocycles. The molecule has 0 aromatic heterocycles. The third-order valence-electron chi connectivity index (χ3n) is 5.28. The molecule has 1 aromatic carbocycles. The smallest absolute Gasteiger partial charge is 0.119 e. The van der Waals surface area contributed by atoms with Crippen LogP contribution in [0, 0.1) is 0 Å². The van der Waals surface area contributed by atoms with E-state index in [1.54, 1.807) is 0 Å². The lowest BCUT2D eigenvalue weighted by atomic mass is 9.80. The third kappa shape index (κ3) is 4.68. The van der Waals surface area contributed by atoms with Gasteiger partial charge in [-0.1, -0.05) is 0 Å². The molecule has 2 saturated heterocycles. The summed E-state index contributed by atoms with van der Waals surface area (Å²) in [6, 6.07) is 7.70. The maximum atomic E-state index is 10.3. The van der Waals surface area contributed by atoms with Crippen LogP contribution in [0.4, 0.5) is 0 Å². The lowest BCUT2D eigenvalue weighted by Gasteiger charge is -2.48. The predicted octanol–water partition coefficient (Wildman–Crippen LogP) is 1.83. The van der Waals surface area contributed by atoms with Crippen LogP contribution in [0.1, 0.15) is 33.1 Å². The lowest BCUT2D eigenvalue weighted by Crippen LogP contribution is -2.60. The van der Waals surface area contributed by atoms with Crippen LogP contribution in [0.15, 0.2) is 24.3 Å². The van der Waals surface area contributed by atoms with Gasteiger partial charge in [0.1, 0.15) is 24.2 Å². The first-order chi connectivity index (χ1) is 12.5. The fourth-order valence-electron chi connectivity index (χ4n) is 3.75. The van der Waals surface area contributed by atoms with E-state index in [4.69, 9.17) is 14.2 Å². The van der Waals surface area contributed by atoms with Gasteiger partial charge in [-0.2, -0.15) is 0 Å². The zero-order valence-electron chi connectivity index (χ0n) is 15.8. The molecular weight excluding hydrogens is 334 g/mol. The molecule has 0 aliphatic carbocycles. The Morgan fingerprint density at radius 1 is 1.15 bits per heavy atom. The van der Waals surface area contributed by atoms with Crippen LogP contribution >= 0.6 is 0 Å². The lowest BCUT2D eigenvalue weighted by molar-refractivity contribution is -0.214. The number of aliphatic hydroxyl groups excluding tert-OH is 2. The van der Waals surface area contributed by atoms with Crippen molar-refractivity contribution in [2.24, 2.45) is 0 Å². The van der Waals surface area contributed by atoms with Crippen LogP contribution in [0.2, 0.25) is 0 Å². The van der Waals surface area contributed by atoms with E-state index in [2.05, 4.69) is 4.90 Å². The number of ether oxygens (including phenoxy) is 3. The quantitative estimate of drug-likeness (QED) is 0.801. The Hall–Kier alpha value is -1.34. The molecule has 0 amide bonds. The van der Waals surface area contributed by atoms with E-state index >= 15 is 0 Å². The van der Waals surface area contributed by atoms with E-state index in [1.807, 2.05) is 38.1 Å². The van der Waals surface area contributed by atoms with Crippen molar-refractivity contribution in [2.75, 3.05) is 32.8 Å². The van der Waals surface area contributed by atoms with E-state index in [-0.39, 0.29) is 6.10 Å². The second-order valence-electron chi connectivity index (χ2n) is 7.54. The van der Waals surface area contributed by atoms with Crippen molar-refractivity contribution in [3.63, 3.8) is 0 Å². The highest BCUT2D eigenvalue weighted by Gasteiger charge is 2.47. The maximum absolute atomic E-state index is 10.3. The van der Waals surface area contributed by atoms with Crippen LogP contribution in [0.5, 0.6) is 11.5 Å². The minimum atomic E-state index is -0.777. The van der Waals surface area contributed by atoms with Crippen LogP contribution < -0.4 is 9.47 Å². The molecule has 26 heavy (non-hydrogen) atoms. The van der Waals surface area contributed by atoms with Gasteiger partial charge in [0.15, 0.2) is 0 Å². The molecule has 0 saturated carbocycles. The van der Waals surface area contributed by atoms with E-state index in [0.29, 0.717) is 19.6 Å². The van der Waals surface area contributed by atoms with Crippen molar-refractivity contribution in [2.45, 2.75) is 57.0 Å². The molecule has 0 unspecified atom stereocenters. The number of rotatable bonds is 6. The fraction of sp³-hybridized carbons (Fsp3) is 0.700. The van der Waals surface area contributed by atoms with Crippen LogP contribution in [0.3, 0.4) is 0 Å². The maximum Gasteiger partial charge on any atom is 0.119 e. The number of hydrogen-bond donors (Lipinski definition) is 2. The summed E-state index contributed by atoms with van der Waals surface area (Å²) in [5.41, 5.74) is -0.568.